The van der Waals surface area contributed by atoms with Crippen molar-refractivity contribution in [2.24, 2.45) is 5.73 Å². The topological polar surface area (TPSA) is 62.1 Å². The predicted octanol–water partition coefficient (Wildman–Crippen LogP) is 2.67. The Morgan fingerprint density at radius 1 is 0.615 bits per heavy atom. The molecule has 0 fully saturated rings. The number of fused-ring (bicyclic) bond motifs is 1. The Morgan fingerprint density at radius 3 is 2.00 bits per heavy atom. The van der Waals surface area contributed by atoms with Gasteiger partial charge in [0.05, 0.1) is 0 Å². The monoisotopic (exact) mass is 356 g/mol. The zero-order valence-corrected chi connectivity index (χ0v) is 16.1. The lowest BCUT2D eigenvalue weighted by Gasteiger charge is -2.09. The summed E-state index contributed by atoms with van der Waals surface area (Å²) in [6, 6.07) is 15.2. The molecule has 2 aromatic carbocycles. The molecule has 0 unspecified atom stereocenters. The summed E-state index contributed by atoms with van der Waals surface area (Å²) in [5.41, 5.74) is 6.90. The fourth-order valence-corrected chi connectivity index (χ4v) is 3.17. The molecule has 4 heteroatoms. The van der Waals surface area contributed by atoms with Crippen molar-refractivity contribution in [3.05, 3.63) is 48.0 Å². The van der Waals surface area contributed by atoms with Gasteiger partial charge >= 0.3 is 0 Å². The van der Waals surface area contributed by atoms with Crippen LogP contribution in [0.25, 0.3) is 10.8 Å². The maximum Gasteiger partial charge on any atom is -0.000812 e. The second-order valence-electron chi connectivity index (χ2n) is 6.84. The quantitative estimate of drug-likeness (QED) is 0.371. The summed E-state index contributed by atoms with van der Waals surface area (Å²) in [6.45, 7) is 7.29. The van der Waals surface area contributed by atoms with E-state index in [1.807, 2.05) is 0 Å². The van der Waals surface area contributed by atoms with Gasteiger partial charge in [-0.25, -0.2) is 0 Å². The SMILES string of the molecule is NCCCNCCCCNCCCNCCc1cccc2ccccc12. The molecule has 144 valence electrons. The van der Waals surface area contributed by atoms with Gasteiger partial charge in [0.15, 0.2) is 0 Å². The highest BCUT2D eigenvalue weighted by Crippen LogP contribution is 2.18. The summed E-state index contributed by atoms with van der Waals surface area (Å²) in [6.07, 6.45) is 5.83. The molecule has 0 bridgehead atoms. The van der Waals surface area contributed by atoms with E-state index in [9.17, 15) is 0 Å². The van der Waals surface area contributed by atoms with Gasteiger partial charge in [-0.05, 0) is 94.3 Å². The van der Waals surface area contributed by atoms with Gasteiger partial charge in [-0.2, -0.15) is 0 Å². The van der Waals surface area contributed by atoms with E-state index in [1.54, 1.807) is 0 Å². The summed E-state index contributed by atoms with van der Waals surface area (Å²) in [4.78, 5) is 0. The molecule has 0 spiro atoms. The highest BCUT2D eigenvalue weighted by Gasteiger charge is 1.99. The molecule has 0 aliphatic carbocycles. The highest BCUT2D eigenvalue weighted by molar-refractivity contribution is 5.85. The molecule has 0 amide bonds. The van der Waals surface area contributed by atoms with Gasteiger partial charge in [-0.15, -0.1) is 0 Å². The van der Waals surface area contributed by atoms with Crippen LogP contribution in [-0.4, -0.2) is 45.8 Å². The number of nitrogens with one attached hydrogen (secondary N) is 3. The van der Waals surface area contributed by atoms with Crippen LogP contribution in [0, 0.1) is 0 Å². The third kappa shape index (κ3) is 8.28. The van der Waals surface area contributed by atoms with Gasteiger partial charge in [0.25, 0.3) is 0 Å². The molecule has 0 aromatic heterocycles. The highest BCUT2D eigenvalue weighted by atomic mass is 14.9. The molecule has 5 N–H and O–H groups in total. The molecule has 0 aliphatic heterocycles. The Bertz CT molecular complexity index is 594. The lowest BCUT2D eigenvalue weighted by molar-refractivity contribution is 0.556. The van der Waals surface area contributed by atoms with Crippen molar-refractivity contribution in [2.45, 2.75) is 32.1 Å². The van der Waals surface area contributed by atoms with Crippen LogP contribution in [-0.2, 0) is 6.42 Å². The smallest absolute Gasteiger partial charge is 0.000812 e. The zero-order valence-electron chi connectivity index (χ0n) is 16.1. The van der Waals surface area contributed by atoms with Gasteiger partial charge < -0.3 is 21.7 Å². The minimum Gasteiger partial charge on any atom is -0.330 e. The first-order chi connectivity index (χ1) is 12.9. The maximum absolute atomic E-state index is 5.46. The molecule has 2 aromatic rings. The standard InChI is InChI=1S/C22H36N4/c23-13-6-16-24-14-3-4-15-25-17-7-18-26-19-12-21-10-5-9-20-8-1-2-11-22(20)21/h1-2,5,8-11,24-26H,3-4,6-7,12-19,23H2. The van der Waals surface area contributed by atoms with Crippen LogP contribution >= 0.6 is 0 Å². The number of benzene rings is 2. The number of rotatable bonds is 15. The lowest BCUT2D eigenvalue weighted by Crippen LogP contribution is -2.25. The Morgan fingerprint density at radius 2 is 1.23 bits per heavy atom. The zero-order chi connectivity index (χ0) is 18.3. The number of hydrogen-bond acceptors (Lipinski definition) is 4. The number of unbranched alkanes of at least 4 members (excludes halogenated alkanes) is 1. The van der Waals surface area contributed by atoms with E-state index in [4.69, 9.17) is 5.73 Å². The fraction of sp³-hybridized carbons (Fsp3) is 0.545. The van der Waals surface area contributed by atoms with Crippen LogP contribution in [0.15, 0.2) is 42.5 Å². The first-order valence-corrected chi connectivity index (χ1v) is 10.2. The second kappa shape index (κ2) is 13.7. The lowest BCUT2D eigenvalue weighted by atomic mass is 10.0. The van der Waals surface area contributed by atoms with Crippen molar-refractivity contribution in [3.8, 4) is 0 Å². The van der Waals surface area contributed by atoms with E-state index < -0.39 is 0 Å². The third-order valence-electron chi connectivity index (χ3n) is 4.67. The molecular formula is C22H36N4. The van der Waals surface area contributed by atoms with Crippen LogP contribution < -0.4 is 21.7 Å². The van der Waals surface area contributed by atoms with Gasteiger partial charge in [-0.3, -0.25) is 0 Å². The summed E-state index contributed by atoms with van der Waals surface area (Å²) in [5.74, 6) is 0. The van der Waals surface area contributed by atoms with Gasteiger partial charge in [0.1, 0.15) is 0 Å². The maximum atomic E-state index is 5.46. The molecular weight excluding hydrogens is 320 g/mol. The van der Waals surface area contributed by atoms with E-state index in [2.05, 4.69) is 58.4 Å². The van der Waals surface area contributed by atoms with E-state index in [0.717, 1.165) is 58.7 Å². The van der Waals surface area contributed by atoms with Crippen molar-refractivity contribution >= 4 is 10.8 Å². The van der Waals surface area contributed by atoms with E-state index >= 15 is 0 Å². The Hall–Kier alpha value is -1.46. The van der Waals surface area contributed by atoms with Crippen LogP contribution in [0.4, 0.5) is 0 Å². The molecule has 0 atom stereocenters. The minimum atomic E-state index is 0.782. The largest absolute Gasteiger partial charge is 0.330 e. The van der Waals surface area contributed by atoms with Crippen molar-refractivity contribution < 1.29 is 0 Å². The second-order valence-corrected chi connectivity index (χ2v) is 6.84. The van der Waals surface area contributed by atoms with E-state index in [-0.39, 0.29) is 0 Å². The van der Waals surface area contributed by atoms with Crippen molar-refractivity contribution in [3.63, 3.8) is 0 Å². The van der Waals surface area contributed by atoms with Gasteiger partial charge in [0.2, 0.25) is 0 Å². The number of nitrogens with two attached hydrogens (primary N) is 1. The Balaban J connectivity index is 1.43. The first kappa shape index (κ1) is 20.8. The molecule has 0 saturated heterocycles. The Kier molecular flexibility index (Phi) is 11.0. The average molecular weight is 357 g/mol. The van der Waals surface area contributed by atoms with Crippen molar-refractivity contribution in [1.82, 2.24) is 16.0 Å². The molecule has 0 radical (unpaired) electrons. The minimum absolute atomic E-state index is 0.782. The average Bonchev–Trinajstić information content (AvgIpc) is 2.68. The summed E-state index contributed by atoms with van der Waals surface area (Å²) >= 11 is 0. The number of hydrogen-bond donors (Lipinski definition) is 4. The molecule has 26 heavy (non-hydrogen) atoms. The summed E-state index contributed by atoms with van der Waals surface area (Å²) < 4.78 is 0. The Labute approximate surface area is 158 Å². The first-order valence-electron chi connectivity index (χ1n) is 10.2. The van der Waals surface area contributed by atoms with Crippen LogP contribution in [0.3, 0.4) is 0 Å². The molecule has 4 nitrogen and oxygen atoms in total. The fourth-order valence-electron chi connectivity index (χ4n) is 3.17. The van der Waals surface area contributed by atoms with E-state index in [1.165, 1.54) is 35.6 Å². The predicted molar refractivity (Wildman–Crippen MR) is 114 cm³/mol. The molecule has 0 saturated carbocycles. The molecule has 0 aliphatic rings. The van der Waals surface area contributed by atoms with Crippen molar-refractivity contribution in [2.75, 3.05) is 45.8 Å². The normalized spacial score (nSPS) is 11.3. The summed E-state index contributed by atoms with van der Waals surface area (Å²) in [7, 11) is 0. The third-order valence-corrected chi connectivity index (χ3v) is 4.67. The van der Waals surface area contributed by atoms with E-state index in [0.29, 0.717) is 0 Å². The van der Waals surface area contributed by atoms with Crippen LogP contribution in [0.2, 0.25) is 0 Å². The molecule has 2 rings (SSSR count). The molecule has 0 heterocycles. The van der Waals surface area contributed by atoms with Crippen molar-refractivity contribution in [1.29, 1.82) is 0 Å². The van der Waals surface area contributed by atoms with Crippen LogP contribution in [0.5, 0.6) is 0 Å². The van der Waals surface area contributed by atoms with Gasteiger partial charge in [0, 0.05) is 0 Å². The van der Waals surface area contributed by atoms with Crippen LogP contribution in [0.1, 0.15) is 31.2 Å². The summed E-state index contributed by atoms with van der Waals surface area (Å²) in [5, 5.41) is 13.2. The van der Waals surface area contributed by atoms with Gasteiger partial charge in [-0.1, -0.05) is 42.5 Å².